The molecule has 0 amide bonds. The lowest BCUT2D eigenvalue weighted by Crippen LogP contribution is -1.96. The van der Waals surface area contributed by atoms with Gasteiger partial charge in [-0.1, -0.05) is 42.0 Å². The summed E-state index contributed by atoms with van der Waals surface area (Å²) in [6.07, 6.45) is 2.32. The van der Waals surface area contributed by atoms with Gasteiger partial charge in [0.05, 0.1) is 0 Å². The van der Waals surface area contributed by atoms with Gasteiger partial charge in [-0.2, -0.15) is 0 Å². The van der Waals surface area contributed by atoms with E-state index in [-0.39, 0.29) is 0 Å². The molecule has 98 valence electrons. The van der Waals surface area contributed by atoms with Crippen molar-refractivity contribution in [1.82, 2.24) is 0 Å². The Labute approximate surface area is 114 Å². The second-order valence-corrected chi connectivity index (χ2v) is 4.69. The summed E-state index contributed by atoms with van der Waals surface area (Å²) in [4.78, 5) is 10.5. The Morgan fingerprint density at radius 1 is 1.05 bits per heavy atom. The molecule has 0 saturated heterocycles. The number of carbonyl (C=O) groups excluding carboxylic acids is 1. The van der Waals surface area contributed by atoms with Crippen molar-refractivity contribution in [3.63, 3.8) is 0 Å². The summed E-state index contributed by atoms with van der Waals surface area (Å²) < 4.78 is 0. The molecular weight excluding hydrogens is 234 g/mol. The summed E-state index contributed by atoms with van der Waals surface area (Å²) in [5, 5.41) is 3.21. The summed E-state index contributed by atoms with van der Waals surface area (Å²) in [6.45, 7) is 2.09. The lowest BCUT2D eigenvalue weighted by Gasteiger charge is -2.11. The van der Waals surface area contributed by atoms with Gasteiger partial charge < -0.3 is 10.1 Å². The zero-order valence-corrected chi connectivity index (χ0v) is 11.4. The highest BCUT2D eigenvalue weighted by molar-refractivity contribution is 5.70. The maximum absolute atomic E-state index is 10.5. The van der Waals surface area contributed by atoms with E-state index in [1.54, 1.807) is 0 Å². The van der Waals surface area contributed by atoms with Gasteiger partial charge in [0.2, 0.25) is 0 Å². The van der Waals surface area contributed by atoms with Crippen molar-refractivity contribution in [2.45, 2.75) is 19.8 Å². The molecule has 1 N–H and O–H groups in total. The van der Waals surface area contributed by atoms with Crippen LogP contribution in [0.25, 0.3) is 11.1 Å². The molecule has 0 aliphatic rings. The fourth-order valence-corrected chi connectivity index (χ4v) is 2.17. The van der Waals surface area contributed by atoms with Crippen LogP contribution in [0, 0.1) is 6.92 Å². The highest BCUT2D eigenvalue weighted by Gasteiger charge is 2.04. The monoisotopic (exact) mass is 253 g/mol. The van der Waals surface area contributed by atoms with Crippen LogP contribution in [0.15, 0.2) is 42.5 Å². The molecule has 2 heteroatoms. The van der Waals surface area contributed by atoms with Crippen LogP contribution >= 0.6 is 0 Å². The van der Waals surface area contributed by atoms with Gasteiger partial charge in [0.1, 0.15) is 6.29 Å². The van der Waals surface area contributed by atoms with Crippen molar-refractivity contribution in [2.24, 2.45) is 0 Å². The second-order valence-electron chi connectivity index (χ2n) is 4.69. The summed E-state index contributed by atoms with van der Waals surface area (Å²) >= 11 is 0. The lowest BCUT2D eigenvalue weighted by atomic mass is 9.99. The van der Waals surface area contributed by atoms with Gasteiger partial charge >= 0.3 is 0 Å². The van der Waals surface area contributed by atoms with Crippen molar-refractivity contribution in [1.29, 1.82) is 0 Å². The smallest absolute Gasteiger partial charge is 0.120 e. The normalized spacial score (nSPS) is 10.2. The van der Waals surface area contributed by atoms with Crippen molar-refractivity contribution >= 4 is 12.0 Å². The van der Waals surface area contributed by atoms with Crippen molar-refractivity contribution < 1.29 is 4.79 Å². The average molecular weight is 253 g/mol. The second kappa shape index (κ2) is 6.19. The van der Waals surface area contributed by atoms with Gasteiger partial charge in [-0.05, 0) is 36.1 Å². The van der Waals surface area contributed by atoms with E-state index in [1.807, 2.05) is 7.05 Å². The molecule has 2 aromatic rings. The van der Waals surface area contributed by atoms with E-state index in [9.17, 15) is 4.79 Å². The Hall–Kier alpha value is -2.09. The number of benzene rings is 2. The van der Waals surface area contributed by atoms with Gasteiger partial charge in [-0.15, -0.1) is 0 Å². The highest BCUT2D eigenvalue weighted by atomic mass is 16.1. The summed E-state index contributed by atoms with van der Waals surface area (Å²) in [6, 6.07) is 14.9. The minimum absolute atomic E-state index is 0.568. The van der Waals surface area contributed by atoms with E-state index >= 15 is 0 Å². The van der Waals surface area contributed by atoms with Gasteiger partial charge in [0, 0.05) is 19.2 Å². The zero-order valence-electron chi connectivity index (χ0n) is 11.4. The molecule has 0 radical (unpaired) electrons. The van der Waals surface area contributed by atoms with E-state index in [4.69, 9.17) is 0 Å². The standard InChI is InChI=1S/C17H19NO/c1-13-5-7-14(8-6-13)16-10-9-15(4-3-11-19)17(12-16)18-2/h5-12,18H,3-4H2,1-2H3. The first kappa shape index (κ1) is 13.3. The number of anilines is 1. The first-order chi connectivity index (χ1) is 9.24. The van der Waals surface area contributed by atoms with Gasteiger partial charge in [0.15, 0.2) is 0 Å². The molecule has 0 heterocycles. The molecular formula is C17H19NO. The molecule has 0 aliphatic heterocycles. The summed E-state index contributed by atoms with van der Waals surface area (Å²) in [5.74, 6) is 0. The number of aryl methyl sites for hydroxylation is 2. The third-order valence-electron chi connectivity index (χ3n) is 3.30. The van der Waals surface area contributed by atoms with Crippen molar-refractivity contribution in [3.8, 4) is 11.1 Å². The van der Waals surface area contributed by atoms with E-state index in [0.29, 0.717) is 6.42 Å². The van der Waals surface area contributed by atoms with Crippen LogP contribution in [0.5, 0.6) is 0 Å². The van der Waals surface area contributed by atoms with E-state index in [2.05, 4.69) is 54.7 Å². The minimum Gasteiger partial charge on any atom is -0.388 e. The van der Waals surface area contributed by atoms with Crippen molar-refractivity contribution in [2.75, 3.05) is 12.4 Å². The Balaban J connectivity index is 2.32. The molecule has 0 aliphatic carbocycles. The predicted octanol–water partition coefficient (Wildman–Crippen LogP) is 3.84. The molecule has 0 atom stereocenters. The predicted molar refractivity (Wildman–Crippen MR) is 80.5 cm³/mol. The molecule has 0 bridgehead atoms. The zero-order chi connectivity index (χ0) is 13.7. The molecule has 2 nitrogen and oxygen atoms in total. The van der Waals surface area contributed by atoms with Gasteiger partial charge in [-0.25, -0.2) is 0 Å². The molecule has 2 aromatic carbocycles. The third kappa shape index (κ3) is 3.22. The highest BCUT2D eigenvalue weighted by Crippen LogP contribution is 2.26. The molecule has 19 heavy (non-hydrogen) atoms. The van der Waals surface area contributed by atoms with E-state index < -0.39 is 0 Å². The van der Waals surface area contributed by atoms with Crippen LogP contribution in [0.3, 0.4) is 0 Å². The fraction of sp³-hybridized carbons (Fsp3) is 0.235. The number of hydrogen-bond donors (Lipinski definition) is 1. The first-order valence-electron chi connectivity index (χ1n) is 6.56. The Bertz CT molecular complexity index is 558. The average Bonchev–Trinajstić information content (AvgIpc) is 2.46. The Morgan fingerprint density at radius 3 is 2.37 bits per heavy atom. The van der Waals surface area contributed by atoms with E-state index in [0.717, 1.165) is 18.4 Å². The van der Waals surface area contributed by atoms with Gasteiger partial charge in [0.25, 0.3) is 0 Å². The maximum atomic E-state index is 10.5. The quantitative estimate of drug-likeness (QED) is 0.820. The lowest BCUT2D eigenvalue weighted by molar-refractivity contribution is -0.107. The molecule has 0 aromatic heterocycles. The first-order valence-corrected chi connectivity index (χ1v) is 6.56. The third-order valence-corrected chi connectivity index (χ3v) is 3.30. The number of nitrogens with one attached hydrogen (secondary N) is 1. The van der Waals surface area contributed by atoms with Crippen LogP contribution in [0.4, 0.5) is 5.69 Å². The van der Waals surface area contributed by atoms with Crippen LogP contribution in [-0.2, 0) is 11.2 Å². The molecule has 0 unspecified atom stereocenters. The number of hydrogen-bond acceptors (Lipinski definition) is 2. The summed E-state index contributed by atoms with van der Waals surface area (Å²) in [7, 11) is 1.92. The largest absolute Gasteiger partial charge is 0.388 e. The maximum Gasteiger partial charge on any atom is 0.120 e. The minimum atomic E-state index is 0.568. The van der Waals surface area contributed by atoms with Crippen LogP contribution in [-0.4, -0.2) is 13.3 Å². The molecule has 0 saturated carbocycles. The van der Waals surface area contributed by atoms with Gasteiger partial charge in [-0.3, -0.25) is 0 Å². The molecule has 0 spiro atoms. The van der Waals surface area contributed by atoms with Crippen molar-refractivity contribution in [3.05, 3.63) is 53.6 Å². The van der Waals surface area contributed by atoms with Crippen LogP contribution in [0.2, 0.25) is 0 Å². The number of rotatable bonds is 5. The van der Waals surface area contributed by atoms with Crippen LogP contribution in [0.1, 0.15) is 17.5 Å². The molecule has 0 fully saturated rings. The SMILES string of the molecule is CNc1cc(-c2ccc(C)cc2)ccc1CCC=O. The molecule has 2 rings (SSSR count). The Kier molecular flexibility index (Phi) is 4.35. The number of carbonyl (C=O) groups is 1. The fourth-order valence-electron chi connectivity index (χ4n) is 2.17. The number of aldehydes is 1. The van der Waals surface area contributed by atoms with E-state index in [1.165, 1.54) is 22.3 Å². The topological polar surface area (TPSA) is 29.1 Å². The Morgan fingerprint density at radius 2 is 1.74 bits per heavy atom. The van der Waals surface area contributed by atoms with Crippen LogP contribution < -0.4 is 5.32 Å². The summed E-state index contributed by atoms with van der Waals surface area (Å²) in [5.41, 5.74) is 5.95.